The molecule has 0 radical (unpaired) electrons. The number of nitrogens with zero attached hydrogens (tertiary/aromatic N) is 3. The zero-order chi connectivity index (χ0) is 18.2. The molecule has 0 unspecified atom stereocenters. The molecular formula is C22H22N4O. The quantitative estimate of drug-likeness (QED) is 0.778. The smallest absolute Gasteiger partial charge is 0.255 e. The van der Waals surface area contributed by atoms with Crippen LogP contribution in [0.4, 0.5) is 0 Å². The predicted octanol–water partition coefficient (Wildman–Crippen LogP) is 3.27. The molecule has 0 saturated heterocycles. The number of H-pyrrole nitrogens is 1. The predicted molar refractivity (Wildman–Crippen MR) is 104 cm³/mol. The van der Waals surface area contributed by atoms with E-state index in [0.29, 0.717) is 12.5 Å². The molecule has 1 aromatic carbocycles. The Morgan fingerprint density at radius 2 is 1.96 bits per heavy atom. The van der Waals surface area contributed by atoms with E-state index in [2.05, 4.69) is 39.1 Å². The van der Waals surface area contributed by atoms with Gasteiger partial charge in [0, 0.05) is 43.7 Å². The Balaban J connectivity index is 1.30. The van der Waals surface area contributed by atoms with Crippen molar-refractivity contribution in [3.8, 4) is 11.3 Å². The first kappa shape index (κ1) is 16.4. The molecule has 0 bridgehead atoms. The zero-order valence-corrected chi connectivity index (χ0v) is 15.2. The Bertz CT molecular complexity index is 1010. The second-order valence-corrected chi connectivity index (χ2v) is 7.53. The van der Waals surface area contributed by atoms with Crippen LogP contribution in [0.1, 0.15) is 41.4 Å². The van der Waals surface area contributed by atoms with Gasteiger partial charge in [-0.1, -0.05) is 36.4 Å². The third-order valence-electron chi connectivity index (χ3n) is 5.43. The minimum Gasteiger partial charge on any atom is -0.310 e. The van der Waals surface area contributed by atoms with Crippen molar-refractivity contribution < 1.29 is 0 Å². The van der Waals surface area contributed by atoms with Crippen molar-refractivity contribution in [1.82, 2.24) is 19.9 Å². The lowest BCUT2D eigenvalue weighted by atomic mass is 10.1. The zero-order valence-electron chi connectivity index (χ0n) is 15.2. The van der Waals surface area contributed by atoms with E-state index in [-0.39, 0.29) is 5.56 Å². The molecule has 1 aliphatic carbocycles. The highest BCUT2D eigenvalue weighted by Crippen LogP contribution is 2.37. The SMILES string of the molecule is O=c1[nH]c(C2CC2)nc2c1CN(Cc1ccc(-c3ccccc3)nc1)CC2. The maximum absolute atomic E-state index is 12.5. The molecule has 1 N–H and O–H groups in total. The number of rotatable bonds is 4. The molecule has 2 aromatic heterocycles. The van der Waals surface area contributed by atoms with E-state index in [1.54, 1.807) is 0 Å². The number of pyridine rings is 1. The standard InChI is InChI=1S/C22H22N4O/c27-22-18-14-26(11-10-20(18)24-21(25-22)17-7-8-17)13-15-6-9-19(23-12-15)16-4-2-1-3-5-16/h1-6,9,12,17H,7-8,10-11,13-14H2,(H,24,25,27). The van der Waals surface area contributed by atoms with E-state index in [0.717, 1.165) is 66.3 Å². The lowest BCUT2D eigenvalue weighted by Gasteiger charge is -2.27. The van der Waals surface area contributed by atoms with Crippen molar-refractivity contribution >= 4 is 0 Å². The highest BCUT2D eigenvalue weighted by atomic mass is 16.1. The molecule has 136 valence electrons. The fraction of sp³-hybridized carbons (Fsp3) is 0.318. The largest absolute Gasteiger partial charge is 0.310 e. The number of hydrogen-bond acceptors (Lipinski definition) is 4. The summed E-state index contributed by atoms with van der Waals surface area (Å²) in [6.07, 6.45) is 5.09. The van der Waals surface area contributed by atoms with Gasteiger partial charge >= 0.3 is 0 Å². The van der Waals surface area contributed by atoms with Gasteiger partial charge in [-0.2, -0.15) is 0 Å². The van der Waals surface area contributed by atoms with Crippen LogP contribution < -0.4 is 5.56 Å². The maximum Gasteiger partial charge on any atom is 0.255 e. The monoisotopic (exact) mass is 358 g/mol. The highest BCUT2D eigenvalue weighted by molar-refractivity contribution is 5.58. The molecule has 0 spiro atoms. The third kappa shape index (κ3) is 3.43. The highest BCUT2D eigenvalue weighted by Gasteiger charge is 2.29. The van der Waals surface area contributed by atoms with Crippen LogP contribution in [0.15, 0.2) is 53.5 Å². The van der Waals surface area contributed by atoms with Gasteiger partial charge in [0.2, 0.25) is 0 Å². The lowest BCUT2D eigenvalue weighted by Crippen LogP contribution is -2.35. The summed E-state index contributed by atoms with van der Waals surface area (Å²) < 4.78 is 0. The van der Waals surface area contributed by atoms with Crippen molar-refractivity contribution in [3.05, 3.63) is 81.7 Å². The molecule has 3 aromatic rings. The van der Waals surface area contributed by atoms with Crippen molar-refractivity contribution in [2.24, 2.45) is 0 Å². The van der Waals surface area contributed by atoms with E-state index in [4.69, 9.17) is 4.98 Å². The van der Waals surface area contributed by atoms with Crippen molar-refractivity contribution in [2.45, 2.75) is 38.3 Å². The van der Waals surface area contributed by atoms with Gasteiger partial charge in [-0.3, -0.25) is 14.7 Å². The number of aromatic amines is 1. The van der Waals surface area contributed by atoms with E-state index in [9.17, 15) is 4.79 Å². The summed E-state index contributed by atoms with van der Waals surface area (Å²) in [5, 5.41) is 0. The molecule has 5 heteroatoms. The summed E-state index contributed by atoms with van der Waals surface area (Å²) >= 11 is 0. The molecule has 3 heterocycles. The third-order valence-corrected chi connectivity index (χ3v) is 5.43. The van der Waals surface area contributed by atoms with Crippen LogP contribution in [0.5, 0.6) is 0 Å². The molecule has 2 aliphatic rings. The molecule has 1 aliphatic heterocycles. The van der Waals surface area contributed by atoms with Crippen LogP contribution in [0.2, 0.25) is 0 Å². The normalized spacial score (nSPS) is 16.9. The summed E-state index contributed by atoms with van der Waals surface area (Å²) in [7, 11) is 0. The van der Waals surface area contributed by atoms with Crippen LogP contribution in [-0.4, -0.2) is 26.4 Å². The second-order valence-electron chi connectivity index (χ2n) is 7.53. The summed E-state index contributed by atoms with van der Waals surface area (Å²) in [5.74, 6) is 1.38. The number of fused-ring (bicyclic) bond motifs is 1. The van der Waals surface area contributed by atoms with Gasteiger partial charge in [0.1, 0.15) is 5.82 Å². The number of aromatic nitrogens is 3. The lowest BCUT2D eigenvalue weighted by molar-refractivity contribution is 0.241. The van der Waals surface area contributed by atoms with Crippen LogP contribution in [0.3, 0.4) is 0 Å². The molecule has 0 amide bonds. The maximum atomic E-state index is 12.5. The van der Waals surface area contributed by atoms with Crippen molar-refractivity contribution in [1.29, 1.82) is 0 Å². The minimum atomic E-state index is 0.0455. The fourth-order valence-corrected chi connectivity index (χ4v) is 3.74. The van der Waals surface area contributed by atoms with Gasteiger partial charge in [-0.05, 0) is 24.5 Å². The van der Waals surface area contributed by atoms with E-state index < -0.39 is 0 Å². The first-order chi connectivity index (χ1) is 13.3. The van der Waals surface area contributed by atoms with Gasteiger partial charge in [-0.25, -0.2) is 4.98 Å². The van der Waals surface area contributed by atoms with Gasteiger partial charge in [0.05, 0.1) is 17.0 Å². The summed E-state index contributed by atoms with van der Waals surface area (Å²) in [4.78, 5) is 27.1. The molecule has 27 heavy (non-hydrogen) atoms. The van der Waals surface area contributed by atoms with Crippen molar-refractivity contribution in [3.63, 3.8) is 0 Å². The van der Waals surface area contributed by atoms with Crippen molar-refractivity contribution in [2.75, 3.05) is 6.54 Å². The van der Waals surface area contributed by atoms with Crippen LogP contribution >= 0.6 is 0 Å². The molecular weight excluding hydrogens is 336 g/mol. The van der Waals surface area contributed by atoms with Gasteiger partial charge in [-0.15, -0.1) is 0 Å². The van der Waals surface area contributed by atoms with Crippen LogP contribution in [-0.2, 0) is 19.5 Å². The topological polar surface area (TPSA) is 61.9 Å². The van der Waals surface area contributed by atoms with Gasteiger partial charge in [0.15, 0.2) is 0 Å². The Morgan fingerprint density at radius 1 is 1.11 bits per heavy atom. The molecule has 1 saturated carbocycles. The minimum absolute atomic E-state index is 0.0455. The summed E-state index contributed by atoms with van der Waals surface area (Å²) in [5.41, 5.74) is 5.15. The van der Waals surface area contributed by atoms with Crippen LogP contribution in [0.25, 0.3) is 11.3 Å². The summed E-state index contributed by atoms with van der Waals surface area (Å²) in [6.45, 7) is 2.38. The fourth-order valence-electron chi connectivity index (χ4n) is 3.74. The van der Waals surface area contributed by atoms with E-state index in [1.807, 2.05) is 24.4 Å². The molecule has 5 nitrogen and oxygen atoms in total. The first-order valence-electron chi connectivity index (χ1n) is 9.61. The van der Waals surface area contributed by atoms with Gasteiger partial charge in [0.25, 0.3) is 5.56 Å². The Labute approximate surface area is 158 Å². The molecule has 0 atom stereocenters. The Hall–Kier alpha value is -2.79. The number of nitrogens with one attached hydrogen (secondary N) is 1. The second kappa shape index (κ2) is 6.74. The number of benzene rings is 1. The van der Waals surface area contributed by atoms with Gasteiger partial charge < -0.3 is 4.98 Å². The average molecular weight is 358 g/mol. The average Bonchev–Trinajstić information content (AvgIpc) is 3.55. The Morgan fingerprint density at radius 3 is 2.70 bits per heavy atom. The Kier molecular flexibility index (Phi) is 4.09. The molecule has 1 fully saturated rings. The number of hydrogen-bond donors (Lipinski definition) is 1. The molecule has 5 rings (SSSR count). The first-order valence-corrected chi connectivity index (χ1v) is 9.61. The van der Waals surface area contributed by atoms with E-state index >= 15 is 0 Å². The van der Waals surface area contributed by atoms with Crippen LogP contribution in [0, 0.1) is 0 Å². The summed E-state index contributed by atoms with van der Waals surface area (Å²) in [6, 6.07) is 14.4. The van der Waals surface area contributed by atoms with E-state index in [1.165, 1.54) is 0 Å².